The van der Waals surface area contributed by atoms with E-state index in [-0.39, 0.29) is 11.4 Å². The number of non-ortho nitro benzene ring substituents is 1. The van der Waals surface area contributed by atoms with E-state index in [0.29, 0.717) is 22.6 Å². The van der Waals surface area contributed by atoms with Gasteiger partial charge in [-0.25, -0.2) is 4.79 Å². The number of rotatable bonds is 5. The van der Waals surface area contributed by atoms with Gasteiger partial charge < -0.3 is 20.7 Å². The second-order valence-corrected chi connectivity index (χ2v) is 9.87. The highest BCUT2D eigenvalue weighted by Crippen LogP contribution is 2.44. The summed E-state index contributed by atoms with van der Waals surface area (Å²) < 4.78 is 3.78. The third-order valence-corrected chi connectivity index (χ3v) is 5.80. The zero-order valence-electron chi connectivity index (χ0n) is 17.7. The van der Waals surface area contributed by atoms with E-state index in [2.05, 4.69) is 16.0 Å². The predicted molar refractivity (Wildman–Crippen MR) is 132 cm³/mol. The summed E-state index contributed by atoms with van der Waals surface area (Å²) in [4.78, 5) is 36.4. The van der Waals surface area contributed by atoms with Gasteiger partial charge >= 0.3 is 6.03 Å². The van der Waals surface area contributed by atoms with Crippen LogP contribution in [0.4, 0.5) is 16.2 Å². The van der Waals surface area contributed by atoms with Crippen molar-refractivity contribution in [1.29, 1.82) is 0 Å². The lowest BCUT2D eigenvalue weighted by atomic mass is 9.87. The highest BCUT2D eigenvalue weighted by atomic mass is 35.6. The first-order valence-corrected chi connectivity index (χ1v) is 11.3. The summed E-state index contributed by atoms with van der Waals surface area (Å²) in [6, 6.07) is 18.5. The Hall–Kier alpha value is -3.53. The van der Waals surface area contributed by atoms with Crippen LogP contribution in [0.1, 0.15) is 17.0 Å². The van der Waals surface area contributed by atoms with E-state index in [4.69, 9.17) is 39.5 Å². The molecule has 3 aromatic rings. The van der Waals surface area contributed by atoms with Crippen LogP contribution >= 0.6 is 34.8 Å². The van der Waals surface area contributed by atoms with Gasteiger partial charge in [0, 0.05) is 28.9 Å². The zero-order chi connectivity index (χ0) is 25.2. The highest BCUT2D eigenvalue weighted by molar-refractivity contribution is 6.68. The van der Waals surface area contributed by atoms with Gasteiger partial charge in [-0.3, -0.25) is 14.9 Å². The summed E-state index contributed by atoms with van der Waals surface area (Å²) in [5.41, 5.74) is 1.13. The van der Waals surface area contributed by atoms with Gasteiger partial charge in [0.1, 0.15) is 11.5 Å². The van der Waals surface area contributed by atoms with Gasteiger partial charge in [0.15, 0.2) is 6.17 Å². The number of hydrogen-bond donors (Lipinski definition) is 3. The van der Waals surface area contributed by atoms with Crippen LogP contribution in [0.2, 0.25) is 0 Å². The zero-order valence-corrected chi connectivity index (χ0v) is 20.0. The first-order valence-electron chi connectivity index (χ1n) is 10.2. The summed E-state index contributed by atoms with van der Waals surface area (Å²) >= 11 is 18.2. The number of benzene rings is 3. The van der Waals surface area contributed by atoms with Gasteiger partial charge in [0.2, 0.25) is 9.70 Å². The second-order valence-electron chi connectivity index (χ2n) is 7.50. The van der Waals surface area contributed by atoms with Crippen LogP contribution in [0.25, 0.3) is 0 Å². The van der Waals surface area contributed by atoms with Gasteiger partial charge in [0.05, 0.1) is 10.8 Å². The predicted octanol–water partition coefficient (Wildman–Crippen LogP) is 5.47. The number of ether oxygens (including phenoxy) is 1. The molecular weight excluding hydrogens is 519 g/mol. The van der Waals surface area contributed by atoms with Crippen molar-refractivity contribution in [3.63, 3.8) is 0 Å². The van der Waals surface area contributed by atoms with Crippen LogP contribution in [0, 0.1) is 10.1 Å². The van der Waals surface area contributed by atoms with Crippen molar-refractivity contribution in [1.82, 2.24) is 10.6 Å². The summed E-state index contributed by atoms with van der Waals surface area (Å²) in [6.45, 7) is 0. The molecule has 0 bridgehead atoms. The molecule has 0 saturated carbocycles. The molecule has 3 amide bonds. The first-order chi connectivity index (χ1) is 16.6. The number of amides is 3. The molecule has 1 atom stereocenters. The van der Waals surface area contributed by atoms with Crippen molar-refractivity contribution in [2.24, 2.45) is 0 Å². The normalized spacial score (nSPS) is 13.5. The molecule has 4 rings (SSSR count). The van der Waals surface area contributed by atoms with Gasteiger partial charge in [0.25, 0.3) is 5.69 Å². The second kappa shape index (κ2) is 9.99. The number of carbonyl (C=O) groups is 2. The number of nitro benzene ring substituents is 1. The molecule has 0 aliphatic carbocycles. The summed E-state index contributed by atoms with van der Waals surface area (Å²) in [7, 11) is 0. The number of para-hydroxylation sites is 2. The monoisotopic (exact) mass is 534 g/mol. The van der Waals surface area contributed by atoms with Crippen molar-refractivity contribution in [2.75, 3.05) is 5.32 Å². The van der Waals surface area contributed by atoms with E-state index in [9.17, 15) is 19.7 Å². The number of carbonyl (C=O) groups excluding carboxylic acids is 2. The maximum absolute atomic E-state index is 13.5. The fraction of sp³-hybridized carbons (Fsp3) is 0.130. The topological polar surface area (TPSA) is 123 Å². The number of urea groups is 1. The molecule has 0 saturated heterocycles. The number of fused-ring (bicyclic) bond motifs is 2. The Balaban J connectivity index is 1.55. The molecule has 1 heterocycles. The third-order valence-electron chi connectivity index (χ3n) is 5.15. The minimum Gasteiger partial charge on any atom is -0.457 e. The Morgan fingerprint density at radius 2 is 1.51 bits per heavy atom. The van der Waals surface area contributed by atoms with Crippen molar-refractivity contribution in [3.05, 3.63) is 94.0 Å². The van der Waals surface area contributed by atoms with Gasteiger partial charge in [-0.2, -0.15) is 0 Å². The number of nitrogens with zero attached hydrogens (tertiary/aromatic N) is 1. The average Bonchev–Trinajstić information content (AvgIpc) is 2.81. The third kappa shape index (κ3) is 5.59. The molecular formula is C23H17Cl3N4O5. The average molecular weight is 536 g/mol. The Morgan fingerprint density at radius 3 is 2.09 bits per heavy atom. The maximum atomic E-state index is 13.5. The first kappa shape index (κ1) is 24.6. The van der Waals surface area contributed by atoms with E-state index in [1.165, 1.54) is 24.3 Å². The molecule has 35 heavy (non-hydrogen) atoms. The molecule has 1 unspecified atom stereocenters. The molecule has 9 nitrogen and oxygen atoms in total. The summed E-state index contributed by atoms with van der Waals surface area (Å²) in [6.07, 6.45) is -1.44. The standard InChI is InChI=1S/C23H17Cl3N4O5/c24-23(25,26)21(29-22(32)27-13-6-5-7-14(12-13)30(33)34)28-20(31)19-15-8-1-3-10-17(15)35-18-11-4-2-9-16(18)19/h1-12,19,21H,(H,28,31)(H2,27,29,32). The lowest BCUT2D eigenvalue weighted by molar-refractivity contribution is -0.384. The minimum atomic E-state index is -2.13. The quantitative estimate of drug-likeness (QED) is 0.173. The maximum Gasteiger partial charge on any atom is 0.320 e. The van der Waals surface area contributed by atoms with E-state index in [0.717, 1.165) is 0 Å². The number of alkyl halides is 3. The number of halogens is 3. The number of hydrogen-bond acceptors (Lipinski definition) is 5. The molecule has 3 aromatic carbocycles. The van der Waals surface area contributed by atoms with E-state index in [1.807, 2.05) is 0 Å². The van der Waals surface area contributed by atoms with Gasteiger partial charge in [-0.1, -0.05) is 77.3 Å². The van der Waals surface area contributed by atoms with Crippen molar-refractivity contribution in [2.45, 2.75) is 15.9 Å². The molecule has 1 aliphatic rings. The van der Waals surface area contributed by atoms with Crippen LogP contribution in [0.15, 0.2) is 72.8 Å². The molecule has 0 radical (unpaired) electrons. The van der Waals surface area contributed by atoms with Crippen LogP contribution in [-0.2, 0) is 4.79 Å². The number of nitro groups is 1. The van der Waals surface area contributed by atoms with E-state index >= 15 is 0 Å². The lowest BCUT2D eigenvalue weighted by Crippen LogP contribution is -2.57. The lowest BCUT2D eigenvalue weighted by Gasteiger charge is -2.31. The number of anilines is 1. The molecule has 0 spiro atoms. The Morgan fingerprint density at radius 1 is 0.914 bits per heavy atom. The Labute approximate surface area is 214 Å². The SMILES string of the molecule is O=C(Nc1cccc([N+](=O)[O-])c1)NC(NC(=O)C1c2ccccc2Oc2ccccc21)C(Cl)(Cl)Cl. The fourth-order valence-corrected chi connectivity index (χ4v) is 3.94. The minimum absolute atomic E-state index is 0.137. The van der Waals surface area contributed by atoms with E-state index < -0.39 is 32.7 Å². The van der Waals surface area contributed by atoms with Crippen LogP contribution in [0.3, 0.4) is 0 Å². The largest absolute Gasteiger partial charge is 0.457 e. The van der Waals surface area contributed by atoms with Crippen LogP contribution in [0.5, 0.6) is 11.5 Å². The summed E-state index contributed by atoms with van der Waals surface area (Å²) in [5, 5.41) is 18.4. The Bertz CT molecular complexity index is 1250. The van der Waals surface area contributed by atoms with Crippen molar-refractivity contribution >= 4 is 58.1 Å². The van der Waals surface area contributed by atoms with Crippen LogP contribution < -0.4 is 20.7 Å². The molecule has 1 aliphatic heterocycles. The molecule has 12 heteroatoms. The number of nitrogens with one attached hydrogen (secondary N) is 3. The highest BCUT2D eigenvalue weighted by Gasteiger charge is 2.39. The van der Waals surface area contributed by atoms with Crippen molar-refractivity contribution in [3.8, 4) is 11.5 Å². The van der Waals surface area contributed by atoms with Gasteiger partial charge in [-0.15, -0.1) is 0 Å². The van der Waals surface area contributed by atoms with Crippen molar-refractivity contribution < 1.29 is 19.2 Å². The molecule has 0 fully saturated rings. The molecule has 0 aromatic heterocycles. The summed E-state index contributed by atoms with van der Waals surface area (Å²) in [5.74, 6) is -0.325. The van der Waals surface area contributed by atoms with E-state index in [1.54, 1.807) is 48.5 Å². The van der Waals surface area contributed by atoms with Crippen LogP contribution in [-0.4, -0.2) is 26.8 Å². The Kier molecular flexibility index (Phi) is 7.02. The smallest absolute Gasteiger partial charge is 0.320 e. The fourth-order valence-electron chi connectivity index (χ4n) is 3.61. The van der Waals surface area contributed by atoms with Gasteiger partial charge in [-0.05, 0) is 18.2 Å². The molecule has 180 valence electrons. The molecule has 3 N–H and O–H groups in total.